The van der Waals surface area contributed by atoms with E-state index in [0.717, 1.165) is 11.3 Å². The second-order valence-electron chi connectivity index (χ2n) is 6.10. The maximum atomic E-state index is 9.37. The largest absolute Gasteiger partial charge is 0.496 e. The van der Waals surface area contributed by atoms with Gasteiger partial charge in [-0.25, -0.2) is 0 Å². The fourth-order valence-electron chi connectivity index (χ4n) is 1.91. The monoisotopic (exact) mass is 257 g/mol. The molecule has 0 spiro atoms. The SMILES string of the molecule is COc1ccc(C(C)(C)C)cc1/C(C#N)=C/C(C)C. The second kappa shape index (κ2) is 5.93. The Morgan fingerprint density at radius 3 is 2.37 bits per heavy atom. The highest BCUT2D eigenvalue weighted by Crippen LogP contribution is 2.32. The van der Waals surface area contributed by atoms with Crippen molar-refractivity contribution in [2.75, 3.05) is 7.11 Å². The molecule has 0 radical (unpaired) electrons. The van der Waals surface area contributed by atoms with Gasteiger partial charge in [-0.2, -0.15) is 5.26 Å². The zero-order chi connectivity index (χ0) is 14.6. The summed E-state index contributed by atoms with van der Waals surface area (Å²) in [7, 11) is 1.64. The lowest BCUT2D eigenvalue weighted by Crippen LogP contribution is -2.11. The molecule has 0 N–H and O–H groups in total. The Morgan fingerprint density at radius 2 is 1.95 bits per heavy atom. The van der Waals surface area contributed by atoms with Gasteiger partial charge < -0.3 is 4.74 Å². The van der Waals surface area contributed by atoms with Crippen molar-refractivity contribution in [3.05, 3.63) is 35.4 Å². The molecular weight excluding hydrogens is 234 g/mol. The van der Waals surface area contributed by atoms with Gasteiger partial charge in [-0.15, -0.1) is 0 Å². The van der Waals surface area contributed by atoms with E-state index in [4.69, 9.17) is 4.74 Å². The van der Waals surface area contributed by atoms with Crippen LogP contribution in [0.4, 0.5) is 0 Å². The number of benzene rings is 1. The van der Waals surface area contributed by atoms with E-state index >= 15 is 0 Å². The van der Waals surface area contributed by atoms with Crippen molar-refractivity contribution in [1.82, 2.24) is 0 Å². The Balaban J connectivity index is 3.43. The van der Waals surface area contributed by atoms with Crippen LogP contribution in [0.3, 0.4) is 0 Å². The van der Waals surface area contributed by atoms with E-state index in [0.29, 0.717) is 11.5 Å². The molecular formula is C17H23NO. The average molecular weight is 257 g/mol. The van der Waals surface area contributed by atoms with Crippen molar-refractivity contribution in [2.24, 2.45) is 5.92 Å². The summed E-state index contributed by atoms with van der Waals surface area (Å²) < 4.78 is 5.39. The number of nitriles is 1. The van der Waals surface area contributed by atoms with Gasteiger partial charge in [0.15, 0.2) is 0 Å². The molecule has 0 aliphatic heterocycles. The predicted octanol–water partition coefficient (Wildman–Crippen LogP) is 4.56. The molecule has 0 aliphatic rings. The first-order chi connectivity index (χ1) is 8.79. The third-order valence-electron chi connectivity index (χ3n) is 2.98. The van der Waals surface area contributed by atoms with Gasteiger partial charge >= 0.3 is 0 Å². The highest BCUT2D eigenvalue weighted by molar-refractivity contribution is 5.80. The van der Waals surface area contributed by atoms with Crippen molar-refractivity contribution in [2.45, 2.75) is 40.0 Å². The topological polar surface area (TPSA) is 33.0 Å². The van der Waals surface area contributed by atoms with Crippen molar-refractivity contribution in [3.8, 4) is 11.8 Å². The summed E-state index contributed by atoms with van der Waals surface area (Å²) in [5, 5.41) is 9.37. The van der Waals surface area contributed by atoms with Crippen molar-refractivity contribution in [1.29, 1.82) is 5.26 Å². The van der Waals surface area contributed by atoms with Crippen molar-refractivity contribution < 1.29 is 4.74 Å². The van der Waals surface area contributed by atoms with E-state index < -0.39 is 0 Å². The van der Waals surface area contributed by atoms with E-state index in [-0.39, 0.29) is 5.41 Å². The van der Waals surface area contributed by atoms with Gasteiger partial charge in [-0.05, 0) is 29.0 Å². The summed E-state index contributed by atoms with van der Waals surface area (Å²) in [4.78, 5) is 0. The van der Waals surface area contributed by atoms with Crippen molar-refractivity contribution in [3.63, 3.8) is 0 Å². The molecule has 2 heteroatoms. The van der Waals surface area contributed by atoms with Crippen LogP contribution in [0.15, 0.2) is 24.3 Å². The van der Waals surface area contributed by atoms with E-state index in [1.807, 2.05) is 12.1 Å². The molecule has 0 atom stereocenters. The fourth-order valence-corrected chi connectivity index (χ4v) is 1.91. The highest BCUT2D eigenvalue weighted by atomic mass is 16.5. The van der Waals surface area contributed by atoms with E-state index in [9.17, 15) is 5.26 Å². The van der Waals surface area contributed by atoms with Gasteiger partial charge in [0.1, 0.15) is 5.75 Å². The number of allylic oxidation sites excluding steroid dienone is 2. The van der Waals surface area contributed by atoms with Crippen LogP contribution in [0.5, 0.6) is 5.75 Å². The Morgan fingerprint density at radius 1 is 1.32 bits per heavy atom. The fraction of sp³-hybridized carbons (Fsp3) is 0.471. The predicted molar refractivity (Wildman–Crippen MR) is 80.1 cm³/mol. The molecule has 0 aliphatic carbocycles. The molecule has 102 valence electrons. The van der Waals surface area contributed by atoms with Crippen LogP contribution in [0.25, 0.3) is 5.57 Å². The standard InChI is InChI=1S/C17H23NO/c1-12(2)9-13(11-18)15-10-14(17(3,4)5)7-8-16(15)19-6/h7-10,12H,1-6H3/b13-9+. The van der Waals surface area contributed by atoms with Gasteiger partial charge in [0.2, 0.25) is 0 Å². The van der Waals surface area contributed by atoms with E-state index in [1.165, 1.54) is 5.56 Å². The molecule has 0 aromatic heterocycles. The van der Waals surface area contributed by atoms with Gasteiger partial charge in [0, 0.05) is 5.56 Å². The summed E-state index contributed by atoms with van der Waals surface area (Å²) in [6.07, 6.45) is 1.98. The summed E-state index contributed by atoms with van der Waals surface area (Å²) in [5.41, 5.74) is 2.82. The molecule has 0 amide bonds. The van der Waals surface area contributed by atoms with Crippen LogP contribution < -0.4 is 4.74 Å². The first-order valence-corrected chi connectivity index (χ1v) is 6.60. The maximum absolute atomic E-state index is 9.37. The van der Waals surface area contributed by atoms with Crippen LogP contribution in [-0.2, 0) is 5.41 Å². The smallest absolute Gasteiger partial charge is 0.127 e. The lowest BCUT2D eigenvalue weighted by atomic mass is 9.85. The Kier molecular flexibility index (Phi) is 4.78. The van der Waals surface area contributed by atoms with Crippen LogP contribution in [0, 0.1) is 17.2 Å². The molecule has 2 nitrogen and oxygen atoms in total. The third kappa shape index (κ3) is 3.86. The molecule has 0 saturated heterocycles. The Bertz CT molecular complexity index is 513. The molecule has 1 rings (SSSR count). The van der Waals surface area contributed by atoms with Crippen LogP contribution in [0.1, 0.15) is 45.7 Å². The number of hydrogen-bond donors (Lipinski definition) is 0. The molecule has 0 unspecified atom stereocenters. The van der Waals surface area contributed by atoms with Gasteiger partial charge in [-0.1, -0.05) is 46.8 Å². The van der Waals surface area contributed by atoms with Gasteiger partial charge in [-0.3, -0.25) is 0 Å². The minimum atomic E-state index is 0.0550. The van der Waals surface area contributed by atoms with Gasteiger partial charge in [0.05, 0.1) is 18.8 Å². The van der Waals surface area contributed by atoms with Gasteiger partial charge in [0.25, 0.3) is 0 Å². The highest BCUT2D eigenvalue weighted by Gasteiger charge is 2.17. The lowest BCUT2D eigenvalue weighted by Gasteiger charge is -2.21. The summed E-state index contributed by atoms with van der Waals surface area (Å²) in [5.74, 6) is 1.08. The average Bonchev–Trinajstić information content (AvgIpc) is 2.33. The minimum absolute atomic E-state index is 0.0550. The zero-order valence-corrected chi connectivity index (χ0v) is 12.7. The second-order valence-corrected chi connectivity index (χ2v) is 6.10. The van der Waals surface area contributed by atoms with Crippen LogP contribution in [0.2, 0.25) is 0 Å². The molecule has 19 heavy (non-hydrogen) atoms. The van der Waals surface area contributed by atoms with Crippen LogP contribution >= 0.6 is 0 Å². The lowest BCUT2D eigenvalue weighted by molar-refractivity contribution is 0.413. The number of nitrogens with zero attached hydrogens (tertiary/aromatic N) is 1. The Labute approximate surface area is 116 Å². The van der Waals surface area contributed by atoms with E-state index in [2.05, 4.69) is 52.8 Å². The number of hydrogen-bond acceptors (Lipinski definition) is 2. The number of methoxy groups -OCH3 is 1. The van der Waals surface area contributed by atoms with Crippen LogP contribution in [-0.4, -0.2) is 7.11 Å². The summed E-state index contributed by atoms with van der Waals surface area (Å²) in [6, 6.07) is 8.36. The number of rotatable bonds is 3. The quantitative estimate of drug-likeness (QED) is 0.744. The molecule has 0 saturated carbocycles. The minimum Gasteiger partial charge on any atom is -0.496 e. The Hall–Kier alpha value is -1.75. The first kappa shape index (κ1) is 15.3. The van der Waals surface area contributed by atoms with Crippen molar-refractivity contribution >= 4 is 5.57 Å². The summed E-state index contributed by atoms with van der Waals surface area (Å²) in [6.45, 7) is 10.6. The maximum Gasteiger partial charge on any atom is 0.127 e. The molecule has 1 aromatic carbocycles. The zero-order valence-electron chi connectivity index (χ0n) is 12.7. The summed E-state index contributed by atoms with van der Waals surface area (Å²) >= 11 is 0. The number of ether oxygens (including phenoxy) is 1. The first-order valence-electron chi connectivity index (χ1n) is 6.60. The molecule has 0 fully saturated rings. The normalized spacial score (nSPS) is 12.4. The van der Waals surface area contributed by atoms with E-state index in [1.54, 1.807) is 7.11 Å². The molecule has 1 aromatic rings. The molecule has 0 heterocycles. The molecule has 0 bridgehead atoms. The third-order valence-corrected chi connectivity index (χ3v) is 2.98.